The Bertz CT molecular complexity index is 390. The highest BCUT2D eigenvalue weighted by Gasteiger charge is 2.29. The Morgan fingerprint density at radius 2 is 2.22 bits per heavy atom. The molecule has 0 spiro atoms. The van der Waals surface area contributed by atoms with E-state index in [9.17, 15) is 4.79 Å². The molecule has 0 aromatic heterocycles. The SMILES string of the molecule is CN(C(=O)C(CN)c1ccccc1)C1CCSC1. The molecule has 98 valence electrons. The van der Waals surface area contributed by atoms with Gasteiger partial charge >= 0.3 is 0 Å². The number of carbonyl (C=O) groups excluding carboxylic acids is 1. The van der Waals surface area contributed by atoms with E-state index in [0.29, 0.717) is 12.6 Å². The van der Waals surface area contributed by atoms with E-state index in [0.717, 1.165) is 23.5 Å². The number of nitrogens with two attached hydrogens (primary N) is 1. The number of benzene rings is 1. The molecule has 1 aromatic rings. The third-order valence-corrected chi connectivity index (χ3v) is 4.68. The highest BCUT2D eigenvalue weighted by Crippen LogP contribution is 2.24. The maximum atomic E-state index is 12.5. The summed E-state index contributed by atoms with van der Waals surface area (Å²) in [6, 6.07) is 10.2. The monoisotopic (exact) mass is 264 g/mol. The van der Waals surface area contributed by atoms with E-state index in [1.165, 1.54) is 0 Å². The van der Waals surface area contributed by atoms with Crippen molar-refractivity contribution in [1.82, 2.24) is 4.90 Å². The van der Waals surface area contributed by atoms with Crippen molar-refractivity contribution in [2.75, 3.05) is 25.1 Å². The van der Waals surface area contributed by atoms with Gasteiger partial charge in [-0.25, -0.2) is 0 Å². The van der Waals surface area contributed by atoms with Crippen LogP contribution in [-0.2, 0) is 4.79 Å². The Hall–Kier alpha value is -1.00. The summed E-state index contributed by atoms with van der Waals surface area (Å²) in [6.45, 7) is 0.368. The Morgan fingerprint density at radius 3 is 2.78 bits per heavy atom. The minimum atomic E-state index is -0.207. The molecule has 1 heterocycles. The van der Waals surface area contributed by atoms with Gasteiger partial charge < -0.3 is 10.6 Å². The van der Waals surface area contributed by atoms with Crippen molar-refractivity contribution in [3.63, 3.8) is 0 Å². The van der Waals surface area contributed by atoms with Crippen LogP contribution in [0.15, 0.2) is 30.3 Å². The second-order valence-corrected chi connectivity index (χ2v) is 5.82. The molecular formula is C14H20N2OS. The van der Waals surface area contributed by atoms with E-state index in [1.54, 1.807) is 0 Å². The molecule has 1 aliphatic heterocycles. The molecule has 0 saturated carbocycles. The smallest absolute Gasteiger partial charge is 0.231 e. The molecule has 1 fully saturated rings. The van der Waals surface area contributed by atoms with Crippen molar-refractivity contribution in [3.05, 3.63) is 35.9 Å². The zero-order chi connectivity index (χ0) is 13.0. The lowest BCUT2D eigenvalue weighted by Crippen LogP contribution is -2.41. The first-order valence-corrected chi connectivity index (χ1v) is 7.49. The molecule has 0 aliphatic carbocycles. The van der Waals surface area contributed by atoms with Gasteiger partial charge in [0, 0.05) is 25.4 Å². The second-order valence-electron chi connectivity index (χ2n) is 4.67. The van der Waals surface area contributed by atoms with Gasteiger partial charge in [0.1, 0.15) is 0 Å². The van der Waals surface area contributed by atoms with Crippen LogP contribution in [0.1, 0.15) is 17.9 Å². The number of thioether (sulfide) groups is 1. The van der Waals surface area contributed by atoms with E-state index >= 15 is 0 Å². The van der Waals surface area contributed by atoms with Crippen molar-refractivity contribution in [1.29, 1.82) is 0 Å². The third-order valence-electron chi connectivity index (χ3n) is 3.54. The number of rotatable bonds is 4. The summed E-state index contributed by atoms with van der Waals surface area (Å²) < 4.78 is 0. The molecule has 1 aromatic carbocycles. The molecule has 4 heteroatoms. The van der Waals surface area contributed by atoms with Crippen LogP contribution in [0.4, 0.5) is 0 Å². The maximum absolute atomic E-state index is 12.5. The molecular weight excluding hydrogens is 244 g/mol. The number of amides is 1. The maximum Gasteiger partial charge on any atom is 0.231 e. The quantitative estimate of drug-likeness (QED) is 0.900. The molecule has 0 radical (unpaired) electrons. The standard InChI is InChI=1S/C14H20N2OS/c1-16(12-7-8-18-10-12)14(17)13(9-15)11-5-3-2-4-6-11/h2-6,12-13H,7-10,15H2,1H3. The predicted octanol–water partition coefficient (Wildman–Crippen LogP) is 1.69. The van der Waals surface area contributed by atoms with Crippen LogP contribution in [-0.4, -0.2) is 41.9 Å². The fourth-order valence-corrected chi connectivity index (χ4v) is 3.59. The molecule has 2 unspecified atom stereocenters. The topological polar surface area (TPSA) is 46.3 Å². The Kier molecular flexibility index (Phi) is 4.66. The molecule has 1 aliphatic rings. The first-order valence-electron chi connectivity index (χ1n) is 6.33. The minimum Gasteiger partial charge on any atom is -0.341 e. The van der Waals surface area contributed by atoms with Gasteiger partial charge in [-0.2, -0.15) is 11.8 Å². The van der Waals surface area contributed by atoms with Crippen LogP contribution in [0.25, 0.3) is 0 Å². The number of hydrogen-bond donors (Lipinski definition) is 1. The van der Waals surface area contributed by atoms with E-state index in [1.807, 2.05) is 54.0 Å². The molecule has 0 bridgehead atoms. The van der Waals surface area contributed by atoms with Gasteiger partial charge in [-0.3, -0.25) is 4.79 Å². The predicted molar refractivity (Wildman–Crippen MR) is 76.7 cm³/mol. The minimum absolute atomic E-state index is 0.149. The van der Waals surface area contributed by atoms with Crippen molar-refractivity contribution in [2.45, 2.75) is 18.4 Å². The van der Waals surface area contributed by atoms with Crippen molar-refractivity contribution < 1.29 is 4.79 Å². The van der Waals surface area contributed by atoms with E-state index < -0.39 is 0 Å². The van der Waals surface area contributed by atoms with E-state index in [-0.39, 0.29) is 11.8 Å². The zero-order valence-electron chi connectivity index (χ0n) is 10.7. The highest BCUT2D eigenvalue weighted by atomic mass is 32.2. The second kappa shape index (κ2) is 6.25. The van der Waals surface area contributed by atoms with Crippen molar-refractivity contribution in [3.8, 4) is 0 Å². The Balaban J connectivity index is 2.10. The summed E-state index contributed by atoms with van der Waals surface area (Å²) in [5.74, 6) is 2.15. The lowest BCUT2D eigenvalue weighted by Gasteiger charge is -2.28. The van der Waals surface area contributed by atoms with Gasteiger partial charge in [0.25, 0.3) is 0 Å². The van der Waals surface area contributed by atoms with Crippen molar-refractivity contribution >= 4 is 17.7 Å². The molecule has 2 N–H and O–H groups in total. The molecule has 1 saturated heterocycles. The van der Waals surface area contributed by atoms with E-state index in [4.69, 9.17) is 5.73 Å². The van der Waals surface area contributed by atoms with Gasteiger partial charge in [0.2, 0.25) is 5.91 Å². The Labute approximate surface area is 113 Å². The number of hydrogen-bond acceptors (Lipinski definition) is 3. The first kappa shape index (κ1) is 13.4. The average molecular weight is 264 g/mol. The number of nitrogens with zero attached hydrogens (tertiary/aromatic N) is 1. The van der Waals surface area contributed by atoms with Crippen LogP contribution < -0.4 is 5.73 Å². The molecule has 2 rings (SSSR count). The van der Waals surface area contributed by atoms with Crippen LogP contribution >= 0.6 is 11.8 Å². The largest absolute Gasteiger partial charge is 0.341 e. The Morgan fingerprint density at radius 1 is 1.50 bits per heavy atom. The van der Waals surface area contributed by atoms with Crippen LogP contribution in [0.3, 0.4) is 0 Å². The van der Waals surface area contributed by atoms with Crippen LogP contribution in [0.2, 0.25) is 0 Å². The van der Waals surface area contributed by atoms with Crippen LogP contribution in [0.5, 0.6) is 0 Å². The molecule has 2 atom stereocenters. The molecule has 3 nitrogen and oxygen atoms in total. The van der Waals surface area contributed by atoms with Gasteiger partial charge in [-0.05, 0) is 17.7 Å². The van der Waals surface area contributed by atoms with Gasteiger partial charge in [0.05, 0.1) is 5.92 Å². The molecule has 1 amide bonds. The van der Waals surface area contributed by atoms with Gasteiger partial charge in [-0.1, -0.05) is 30.3 Å². The fourth-order valence-electron chi connectivity index (χ4n) is 2.32. The van der Waals surface area contributed by atoms with Crippen LogP contribution in [0, 0.1) is 0 Å². The summed E-state index contributed by atoms with van der Waals surface area (Å²) in [4.78, 5) is 14.4. The number of likely N-dealkylation sites (N-methyl/N-ethyl adjacent to an activating group) is 1. The van der Waals surface area contributed by atoms with Gasteiger partial charge in [0.15, 0.2) is 0 Å². The zero-order valence-corrected chi connectivity index (χ0v) is 11.5. The molecule has 18 heavy (non-hydrogen) atoms. The lowest BCUT2D eigenvalue weighted by atomic mass is 9.97. The first-order chi connectivity index (χ1) is 8.74. The lowest BCUT2D eigenvalue weighted by molar-refractivity contribution is -0.132. The van der Waals surface area contributed by atoms with Gasteiger partial charge in [-0.15, -0.1) is 0 Å². The summed E-state index contributed by atoms with van der Waals surface area (Å²) >= 11 is 1.92. The normalized spacial score (nSPS) is 20.7. The summed E-state index contributed by atoms with van der Waals surface area (Å²) in [7, 11) is 1.91. The van der Waals surface area contributed by atoms with Crippen molar-refractivity contribution in [2.24, 2.45) is 5.73 Å². The average Bonchev–Trinajstić information content (AvgIpc) is 2.94. The summed E-state index contributed by atoms with van der Waals surface area (Å²) in [5, 5.41) is 0. The fraction of sp³-hybridized carbons (Fsp3) is 0.500. The third kappa shape index (κ3) is 2.87. The number of carbonyl (C=O) groups is 1. The summed E-state index contributed by atoms with van der Waals surface area (Å²) in [6.07, 6.45) is 1.10. The van der Waals surface area contributed by atoms with E-state index in [2.05, 4.69) is 0 Å². The highest BCUT2D eigenvalue weighted by molar-refractivity contribution is 7.99. The summed E-state index contributed by atoms with van der Waals surface area (Å²) in [5.41, 5.74) is 6.81.